The molecule has 2 aromatic rings. The summed E-state index contributed by atoms with van der Waals surface area (Å²) in [6.07, 6.45) is 2.40. The molecule has 0 amide bonds. The molecule has 130 valence electrons. The number of para-hydroxylation sites is 1. The van der Waals surface area contributed by atoms with Gasteiger partial charge in [-0.3, -0.25) is 0 Å². The molecule has 0 spiro atoms. The van der Waals surface area contributed by atoms with Crippen molar-refractivity contribution in [3.8, 4) is 17.2 Å². The summed E-state index contributed by atoms with van der Waals surface area (Å²) in [5.74, 6) is 2.34. The highest BCUT2D eigenvalue weighted by atomic mass is 16.5. The second-order valence-electron chi connectivity index (χ2n) is 5.53. The maximum absolute atomic E-state index is 5.78. The van der Waals surface area contributed by atoms with Crippen LogP contribution in [0.2, 0.25) is 0 Å². The summed E-state index contributed by atoms with van der Waals surface area (Å²) in [5.41, 5.74) is 1.19. The molecule has 0 aliphatic carbocycles. The Hall–Kier alpha value is -2.20. The zero-order chi connectivity index (χ0) is 17.0. The molecule has 24 heavy (non-hydrogen) atoms. The first kappa shape index (κ1) is 18.1. The topological polar surface area (TPSA) is 39.7 Å². The highest BCUT2D eigenvalue weighted by Crippen LogP contribution is 2.28. The Morgan fingerprint density at radius 3 is 2.46 bits per heavy atom. The molecule has 0 bridgehead atoms. The molecule has 0 saturated heterocycles. The van der Waals surface area contributed by atoms with Gasteiger partial charge in [-0.15, -0.1) is 0 Å². The predicted molar refractivity (Wildman–Crippen MR) is 97.0 cm³/mol. The molecule has 0 aromatic heterocycles. The number of methoxy groups -OCH3 is 1. The molecule has 0 aliphatic rings. The van der Waals surface area contributed by atoms with Gasteiger partial charge in [0.25, 0.3) is 0 Å². The van der Waals surface area contributed by atoms with E-state index in [2.05, 4.69) is 18.3 Å². The van der Waals surface area contributed by atoms with Crippen molar-refractivity contribution in [2.24, 2.45) is 0 Å². The molecule has 2 aromatic carbocycles. The van der Waals surface area contributed by atoms with E-state index in [1.54, 1.807) is 7.11 Å². The van der Waals surface area contributed by atoms with Crippen molar-refractivity contribution in [2.75, 3.05) is 26.9 Å². The summed E-state index contributed by atoms with van der Waals surface area (Å²) in [7, 11) is 1.66. The van der Waals surface area contributed by atoms with E-state index >= 15 is 0 Å². The van der Waals surface area contributed by atoms with Gasteiger partial charge in [0.2, 0.25) is 0 Å². The third-order valence-corrected chi connectivity index (χ3v) is 3.62. The molecule has 4 heteroatoms. The number of benzene rings is 2. The first-order chi connectivity index (χ1) is 11.8. The van der Waals surface area contributed by atoms with Gasteiger partial charge in [0.05, 0.1) is 7.11 Å². The maximum Gasteiger partial charge on any atom is 0.161 e. The lowest BCUT2D eigenvalue weighted by molar-refractivity contribution is 0.211. The normalized spacial score (nSPS) is 10.4. The Morgan fingerprint density at radius 2 is 1.71 bits per heavy atom. The standard InChI is InChI=1S/C20H27NO3/c1-3-4-12-21-16-17-10-11-19(20(15-17)22-2)24-14-13-23-18-8-6-5-7-9-18/h5-11,15,21H,3-4,12-14,16H2,1-2H3. The Labute approximate surface area is 144 Å². The molecule has 0 atom stereocenters. The molecule has 4 nitrogen and oxygen atoms in total. The van der Waals surface area contributed by atoms with Crippen molar-refractivity contribution in [1.29, 1.82) is 0 Å². The van der Waals surface area contributed by atoms with Gasteiger partial charge in [0.1, 0.15) is 19.0 Å². The maximum atomic E-state index is 5.78. The van der Waals surface area contributed by atoms with E-state index < -0.39 is 0 Å². The fourth-order valence-electron chi connectivity index (χ4n) is 2.30. The van der Waals surface area contributed by atoms with E-state index in [0.717, 1.165) is 30.3 Å². The summed E-state index contributed by atoms with van der Waals surface area (Å²) in [4.78, 5) is 0. The number of hydrogen-bond acceptors (Lipinski definition) is 4. The van der Waals surface area contributed by atoms with Gasteiger partial charge in [-0.1, -0.05) is 37.6 Å². The number of unbranched alkanes of at least 4 members (excludes halogenated alkanes) is 1. The van der Waals surface area contributed by atoms with Crippen LogP contribution in [0.1, 0.15) is 25.3 Å². The van der Waals surface area contributed by atoms with Gasteiger partial charge >= 0.3 is 0 Å². The van der Waals surface area contributed by atoms with Crippen molar-refractivity contribution >= 4 is 0 Å². The van der Waals surface area contributed by atoms with E-state index in [1.165, 1.54) is 18.4 Å². The molecule has 0 fully saturated rings. The summed E-state index contributed by atoms with van der Waals surface area (Å²) >= 11 is 0. The molecule has 2 rings (SSSR count). The highest BCUT2D eigenvalue weighted by molar-refractivity contribution is 5.43. The number of hydrogen-bond donors (Lipinski definition) is 1. The van der Waals surface area contributed by atoms with Crippen LogP contribution in [0.25, 0.3) is 0 Å². The van der Waals surface area contributed by atoms with Crippen LogP contribution in [-0.4, -0.2) is 26.9 Å². The van der Waals surface area contributed by atoms with Gasteiger partial charge in [0, 0.05) is 6.54 Å². The summed E-state index contributed by atoms with van der Waals surface area (Å²) in [6, 6.07) is 15.8. The van der Waals surface area contributed by atoms with Crippen LogP contribution < -0.4 is 19.5 Å². The monoisotopic (exact) mass is 329 g/mol. The summed E-state index contributed by atoms with van der Waals surface area (Å²) in [6.45, 7) is 5.03. The molecule has 1 N–H and O–H groups in total. The Bertz CT molecular complexity index is 587. The zero-order valence-corrected chi connectivity index (χ0v) is 14.6. The van der Waals surface area contributed by atoms with Crippen LogP contribution in [0.5, 0.6) is 17.2 Å². The number of nitrogens with one attached hydrogen (secondary N) is 1. The number of ether oxygens (including phenoxy) is 3. The quantitative estimate of drug-likeness (QED) is 0.632. The van der Waals surface area contributed by atoms with E-state index in [-0.39, 0.29) is 0 Å². The van der Waals surface area contributed by atoms with Crippen molar-refractivity contribution in [1.82, 2.24) is 5.32 Å². The van der Waals surface area contributed by atoms with Crippen molar-refractivity contribution in [3.05, 3.63) is 54.1 Å². The minimum atomic E-state index is 0.472. The molecule has 0 aliphatic heterocycles. The lowest BCUT2D eigenvalue weighted by Gasteiger charge is -2.13. The highest BCUT2D eigenvalue weighted by Gasteiger charge is 2.06. The van der Waals surface area contributed by atoms with Crippen LogP contribution in [-0.2, 0) is 6.54 Å². The Kier molecular flexibility index (Phi) is 7.98. The molecule has 0 saturated carbocycles. The summed E-state index contributed by atoms with van der Waals surface area (Å²) < 4.78 is 16.8. The largest absolute Gasteiger partial charge is 0.493 e. The third-order valence-electron chi connectivity index (χ3n) is 3.62. The van der Waals surface area contributed by atoms with E-state index in [9.17, 15) is 0 Å². The van der Waals surface area contributed by atoms with Gasteiger partial charge in [-0.05, 0) is 42.8 Å². The smallest absolute Gasteiger partial charge is 0.161 e. The van der Waals surface area contributed by atoms with Crippen LogP contribution in [0.15, 0.2) is 48.5 Å². The predicted octanol–water partition coefficient (Wildman–Crippen LogP) is 4.04. The second-order valence-corrected chi connectivity index (χ2v) is 5.53. The van der Waals surface area contributed by atoms with E-state index in [4.69, 9.17) is 14.2 Å². The van der Waals surface area contributed by atoms with Gasteiger partial charge in [-0.25, -0.2) is 0 Å². The van der Waals surface area contributed by atoms with E-state index in [1.807, 2.05) is 42.5 Å². The lowest BCUT2D eigenvalue weighted by Crippen LogP contribution is -2.14. The SMILES string of the molecule is CCCCNCc1ccc(OCCOc2ccccc2)c(OC)c1. The van der Waals surface area contributed by atoms with Crippen molar-refractivity contribution in [3.63, 3.8) is 0 Å². The van der Waals surface area contributed by atoms with Crippen molar-refractivity contribution in [2.45, 2.75) is 26.3 Å². The molecular formula is C20H27NO3. The average Bonchev–Trinajstić information content (AvgIpc) is 2.64. The van der Waals surface area contributed by atoms with Crippen LogP contribution in [0.4, 0.5) is 0 Å². The van der Waals surface area contributed by atoms with Crippen LogP contribution in [0, 0.1) is 0 Å². The summed E-state index contributed by atoms with van der Waals surface area (Å²) in [5, 5.41) is 3.43. The van der Waals surface area contributed by atoms with Crippen molar-refractivity contribution < 1.29 is 14.2 Å². The third kappa shape index (κ3) is 6.13. The Morgan fingerprint density at radius 1 is 0.917 bits per heavy atom. The minimum Gasteiger partial charge on any atom is -0.493 e. The average molecular weight is 329 g/mol. The van der Waals surface area contributed by atoms with Gasteiger partial charge in [0.15, 0.2) is 11.5 Å². The van der Waals surface area contributed by atoms with Gasteiger partial charge < -0.3 is 19.5 Å². The van der Waals surface area contributed by atoms with E-state index in [0.29, 0.717) is 13.2 Å². The van der Waals surface area contributed by atoms with Crippen LogP contribution >= 0.6 is 0 Å². The molecular weight excluding hydrogens is 302 g/mol. The first-order valence-electron chi connectivity index (χ1n) is 8.51. The number of rotatable bonds is 11. The second kappa shape index (κ2) is 10.6. The van der Waals surface area contributed by atoms with Gasteiger partial charge in [-0.2, -0.15) is 0 Å². The first-order valence-corrected chi connectivity index (χ1v) is 8.51. The fourth-order valence-corrected chi connectivity index (χ4v) is 2.30. The Balaban J connectivity index is 1.79. The van der Waals surface area contributed by atoms with Crippen LogP contribution in [0.3, 0.4) is 0 Å². The minimum absolute atomic E-state index is 0.472. The zero-order valence-electron chi connectivity index (χ0n) is 14.6. The molecule has 0 unspecified atom stereocenters. The fraction of sp³-hybridized carbons (Fsp3) is 0.400. The lowest BCUT2D eigenvalue weighted by atomic mass is 10.2. The molecule has 0 radical (unpaired) electrons. The molecule has 0 heterocycles.